The standard InChI is InChI=1S/C24H35N3O3/c1-23(2,3)30-22(28)26-16-20(14-19-10-9-13-25-15-19)17-27-24(4,18-29-5)21-11-7-6-8-12-21/h6-13,15,20,27H,14,16-18H2,1-5H3,(H,26,28)/t20-,24+/m0/s1. The number of pyridine rings is 1. The van der Waals surface area contributed by atoms with Crippen LogP contribution < -0.4 is 10.6 Å². The van der Waals surface area contributed by atoms with Gasteiger partial charge >= 0.3 is 6.09 Å². The molecule has 0 saturated carbocycles. The van der Waals surface area contributed by atoms with Crippen molar-refractivity contribution in [1.82, 2.24) is 15.6 Å². The number of amides is 1. The fraction of sp³-hybridized carbons (Fsp3) is 0.500. The van der Waals surface area contributed by atoms with E-state index in [0.717, 1.165) is 17.5 Å². The molecule has 0 saturated heterocycles. The molecular weight excluding hydrogens is 378 g/mol. The summed E-state index contributed by atoms with van der Waals surface area (Å²) in [6, 6.07) is 14.2. The second-order valence-corrected chi connectivity index (χ2v) is 8.83. The van der Waals surface area contributed by atoms with E-state index in [0.29, 0.717) is 19.7 Å². The summed E-state index contributed by atoms with van der Waals surface area (Å²) in [7, 11) is 1.71. The number of nitrogens with zero attached hydrogens (tertiary/aromatic N) is 1. The van der Waals surface area contributed by atoms with Gasteiger partial charge in [0.05, 0.1) is 12.1 Å². The van der Waals surface area contributed by atoms with Gasteiger partial charge in [-0.05, 0) is 57.2 Å². The largest absolute Gasteiger partial charge is 0.444 e. The molecule has 0 radical (unpaired) electrons. The fourth-order valence-electron chi connectivity index (χ4n) is 3.31. The second kappa shape index (κ2) is 11.1. The maximum absolute atomic E-state index is 12.2. The maximum atomic E-state index is 12.2. The van der Waals surface area contributed by atoms with Crippen LogP contribution in [0.2, 0.25) is 0 Å². The van der Waals surface area contributed by atoms with Gasteiger partial charge in [0, 0.05) is 32.6 Å². The highest BCUT2D eigenvalue weighted by atomic mass is 16.6. The molecule has 164 valence electrons. The molecule has 0 aliphatic carbocycles. The Hall–Kier alpha value is -2.44. The van der Waals surface area contributed by atoms with Gasteiger partial charge in [0.25, 0.3) is 0 Å². The number of benzene rings is 1. The smallest absolute Gasteiger partial charge is 0.407 e. The van der Waals surface area contributed by atoms with Crippen LogP contribution in [0.4, 0.5) is 4.79 Å². The summed E-state index contributed by atoms with van der Waals surface area (Å²) in [4.78, 5) is 16.4. The molecule has 1 aromatic heterocycles. The lowest BCUT2D eigenvalue weighted by atomic mass is 9.91. The summed E-state index contributed by atoms with van der Waals surface area (Å²) in [5.74, 6) is 0.154. The second-order valence-electron chi connectivity index (χ2n) is 8.83. The molecule has 0 aliphatic heterocycles. The molecule has 1 amide bonds. The van der Waals surface area contributed by atoms with Crippen molar-refractivity contribution in [2.24, 2.45) is 5.92 Å². The number of alkyl carbamates (subject to hydrolysis) is 1. The van der Waals surface area contributed by atoms with Crippen LogP contribution in [-0.2, 0) is 21.4 Å². The first-order valence-corrected chi connectivity index (χ1v) is 10.4. The SMILES string of the molecule is COC[C@@](C)(NC[C@H](CNC(=O)OC(C)(C)C)Cc1cccnc1)c1ccccc1. The zero-order chi connectivity index (χ0) is 22.0. The summed E-state index contributed by atoms with van der Waals surface area (Å²) >= 11 is 0. The lowest BCUT2D eigenvalue weighted by Crippen LogP contribution is -2.47. The molecule has 1 aromatic carbocycles. The van der Waals surface area contributed by atoms with Crippen LogP contribution >= 0.6 is 0 Å². The van der Waals surface area contributed by atoms with E-state index in [2.05, 4.69) is 40.7 Å². The molecule has 0 aliphatic rings. The van der Waals surface area contributed by atoms with Gasteiger partial charge in [0.1, 0.15) is 5.60 Å². The highest BCUT2D eigenvalue weighted by Crippen LogP contribution is 2.21. The van der Waals surface area contributed by atoms with Crippen molar-refractivity contribution in [3.63, 3.8) is 0 Å². The molecule has 0 spiro atoms. The Bertz CT molecular complexity index is 762. The van der Waals surface area contributed by atoms with Crippen LogP contribution in [0.15, 0.2) is 54.9 Å². The van der Waals surface area contributed by atoms with Crippen LogP contribution in [0.5, 0.6) is 0 Å². The van der Waals surface area contributed by atoms with E-state index in [4.69, 9.17) is 9.47 Å². The maximum Gasteiger partial charge on any atom is 0.407 e. The first-order chi connectivity index (χ1) is 14.2. The van der Waals surface area contributed by atoms with E-state index >= 15 is 0 Å². The number of nitrogens with one attached hydrogen (secondary N) is 2. The van der Waals surface area contributed by atoms with E-state index < -0.39 is 11.7 Å². The van der Waals surface area contributed by atoms with Crippen molar-refractivity contribution in [2.75, 3.05) is 26.8 Å². The van der Waals surface area contributed by atoms with Gasteiger partial charge in [-0.2, -0.15) is 0 Å². The summed E-state index contributed by atoms with van der Waals surface area (Å²) in [6.45, 7) is 9.43. The number of carbonyl (C=O) groups excluding carboxylic acids is 1. The molecule has 2 rings (SSSR count). The van der Waals surface area contributed by atoms with Crippen molar-refractivity contribution < 1.29 is 14.3 Å². The number of ether oxygens (including phenoxy) is 2. The zero-order valence-electron chi connectivity index (χ0n) is 18.8. The Morgan fingerprint density at radius 3 is 2.40 bits per heavy atom. The fourth-order valence-corrected chi connectivity index (χ4v) is 3.31. The number of hydrogen-bond donors (Lipinski definition) is 2. The summed E-state index contributed by atoms with van der Waals surface area (Å²) in [5, 5.41) is 6.58. The zero-order valence-corrected chi connectivity index (χ0v) is 18.8. The summed E-state index contributed by atoms with van der Waals surface area (Å²) < 4.78 is 10.9. The summed E-state index contributed by atoms with van der Waals surface area (Å²) in [5.41, 5.74) is 1.43. The van der Waals surface area contributed by atoms with Crippen molar-refractivity contribution in [3.8, 4) is 0 Å². The van der Waals surface area contributed by atoms with Crippen molar-refractivity contribution >= 4 is 6.09 Å². The van der Waals surface area contributed by atoms with Gasteiger partial charge in [-0.15, -0.1) is 0 Å². The number of rotatable bonds is 10. The summed E-state index contributed by atoms with van der Waals surface area (Å²) in [6.07, 6.45) is 4.02. The van der Waals surface area contributed by atoms with Crippen LogP contribution in [0.25, 0.3) is 0 Å². The van der Waals surface area contributed by atoms with E-state index in [9.17, 15) is 4.79 Å². The minimum atomic E-state index is -0.522. The third kappa shape index (κ3) is 8.13. The minimum Gasteiger partial charge on any atom is -0.444 e. The molecule has 6 nitrogen and oxygen atoms in total. The molecular formula is C24H35N3O3. The molecule has 2 aromatic rings. The number of aromatic nitrogens is 1. The normalized spacial score (nSPS) is 14.6. The molecule has 30 heavy (non-hydrogen) atoms. The van der Waals surface area contributed by atoms with Crippen LogP contribution in [-0.4, -0.2) is 43.5 Å². The van der Waals surface area contributed by atoms with Gasteiger partial charge in [-0.25, -0.2) is 4.79 Å². The highest BCUT2D eigenvalue weighted by molar-refractivity contribution is 5.67. The first-order valence-electron chi connectivity index (χ1n) is 10.4. The van der Waals surface area contributed by atoms with Crippen LogP contribution in [0.3, 0.4) is 0 Å². The minimum absolute atomic E-state index is 0.154. The Labute approximate surface area is 180 Å². The van der Waals surface area contributed by atoms with Gasteiger partial charge < -0.3 is 20.1 Å². The number of methoxy groups -OCH3 is 1. The molecule has 1 heterocycles. The lowest BCUT2D eigenvalue weighted by Gasteiger charge is -2.33. The van der Waals surface area contributed by atoms with E-state index in [1.165, 1.54) is 0 Å². The Morgan fingerprint density at radius 1 is 1.07 bits per heavy atom. The van der Waals surface area contributed by atoms with Crippen molar-refractivity contribution in [3.05, 3.63) is 66.0 Å². The molecule has 0 fully saturated rings. The molecule has 6 heteroatoms. The quantitative estimate of drug-likeness (QED) is 0.618. The predicted octanol–water partition coefficient (Wildman–Crippen LogP) is 3.92. The molecule has 2 atom stereocenters. The average molecular weight is 414 g/mol. The lowest BCUT2D eigenvalue weighted by molar-refractivity contribution is 0.0517. The Balaban J connectivity index is 2.08. The Kier molecular flexibility index (Phi) is 8.81. The van der Waals surface area contributed by atoms with Crippen molar-refractivity contribution in [1.29, 1.82) is 0 Å². The highest BCUT2D eigenvalue weighted by Gasteiger charge is 2.27. The number of hydrogen-bond acceptors (Lipinski definition) is 5. The predicted molar refractivity (Wildman–Crippen MR) is 119 cm³/mol. The Morgan fingerprint density at radius 2 is 1.80 bits per heavy atom. The first kappa shape index (κ1) is 23.8. The average Bonchev–Trinajstić information content (AvgIpc) is 2.70. The van der Waals surface area contributed by atoms with Crippen LogP contribution in [0, 0.1) is 5.92 Å². The van der Waals surface area contributed by atoms with E-state index in [-0.39, 0.29) is 11.5 Å². The van der Waals surface area contributed by atoms with E-state index in [1.54, 1.807) is 13.3 Å². The monoisotopic (exact) mass is 413 g/mol. The molecule has 0 unspecified atom stereocenters. The van der Waals surface area contributed by atoms with Gasteiger partial charge in [0.2, 0.25) is 0 Å². The number of carbonyl (C=O) groups is 1. The topological polar surface area (TPSA) is 72.5 Å². The van der Waals surface area contributed by atoms with Gasteiger partial charge in [-0.1, -0.05) is 36.4 Å². The third-order valence-electron chi connectivity index (χ3n) is 4.81. The molecule has 0 bridgehead atoms. The van der Waals surface area contributed by atoms with Gasteiger partial charge in [0.15, 0.2) is 0 Å². The molecule has 2 N–H and O–H groups in total. The van der Waals surface area contributed by atoms with Crippen molar-refractivity contribution in [2.45, 2.75) is 45.3 Å². The van der Waals surface area contributed by atoms with E-state index in [1.807, 2.05) is 51.2 Å². The van der Waals surface area contributed by atoms with Gasteiger partial charge in [-0.3, -0.25) is 4.98 Å². The van der Waals surface area contributed by atoms with Crippen LogP contribution in [0.1, 0.15) is 38.8 Å². The third-order valence-corrected chi connectivity index (χ3v) is 4.81.